The Bertz CT molecular complexity index is 276. The van der Waals surface area contributed by atoms with E-state index < -0.39 is 29.0 Å². The molecule has 76 valence electrons. The van der Waals surface area contributed by atoms with Crippen molar-refractivity contribution >= 4 is 0 Å². The third-order valence-electron chi connectivity index (χ3n) is 1.09. The smallest absolute Gasteiger partial charge is 0.203 e. The fraction of sp³-hybridized carbons (Fsp3) is 0. The van der Waals surface area contributed by atoms with Gasteiger partial charge in [0.2, 0.25) is 11.6 Å². The van der Waals surface area contributed by atoms with E-state index in [4.69, 9.17) is 5.11 Å². The molecule has 0 atom stereocenters. The van der Waals surface area contributed by atoms with Crippen LogP contribution in [0.3, 0.4) is 0 Å². The third-order valence-corrected chi connectivity index (χ3v) is 1.09. The van der Waals surface area contributed by atoms with Gasteiger partial charge >= 0.3 is 0 Å². The van der Waals surface area contributed by atoms with Gasteiger partial charge in [0.1, 0.15) is 0 Å². The first-order chi connectivity index (χ1) is 5.04. The molecule has 0 aromatic heterocycles. The van der Waals surface area contributed by atoms with E-state index in [0.29, 0.717) is 0 Å². The first kappa shape index (κ1) is 14.2. The van der Waals surface area contributed by atoms with Crippen LogP contribution in [0.1, 0.15) is 0 Å². The Morgan fingerprint density at radius 3 is 1.46 bits per heavy atom. The van der Waals surface area contributed by atoms with Crippen molar-refractivity contribution in [3.05, 3.63) is 29.3 Å². The number of halogens is 4. The zero-order valence-electron chi connectivity index (χ0n) is 6.04. The number of phenols is 1. The average Bonchev–Trinajstić information content (AvgIpc) is 1.97. The van der Waals surface area contributed by atoms with E-state index >= 15 is 0 Å². The predicted molar refractivity (Wildman–Crippen MR) is 35.2 cm³/mol. The zero-order valence-corrected chi connectivity index (χ0v) is 6.04. The number of hydrogen-bond donors (Lipinski definition) is 1. The SMILES string of the molecule is O.O.Oc1c(F)c(F)cc(F)c1F. The van der Waals surface area contributed by atoms with Crippen LogP contribution in [-0.4, -0.2) is 16.1 Å². The summed E-state index contributed by atoms with van der Waals surface area (Å²) in [6.07, 6.45) is 0. The van der Waals surface area contributed by atoms with E-state index in [9.17, 15) is 17.6 Å². The van der Waals surface area contributed by atoms with E-state index in [-0.39, 0.29) is 17.0 Å². The van der Waals surface area contributed by atoms with Crippen molar-refractivity contribution < 1.29 is 33.6 Å². The molecular formula is C6H6F4O3. The predicted octanol–water partition coefficient (Wildman–Crippen LogP) is 0.299. The molecule has 0 aliphatic rings. The van der Waals surface area contributed by atoms with Crippen LogP contribution in [0.2, 0.25) is 0 Å². The lowest BCUT2D eigenvalue weighted by atomic mass is 10.3. The van der Waals surface area contributed by atoms with E-state index in [1.807, 2.05) is 0 Å². The molecule has 1 aromatic carbocycles. The van der Waals surface area contributed by atoms with Gasteiger partial charge in [-0.15, -0.1) is 0 Å². The third kappa shape index (κ3) is 2.30. The van der Waals surface area contributed by atoms with Gasteiger partial charge in [-0.1, -0.05) is 0 Å². The standard InChI is InChI=1S/C6H2F4O.2H2O/c7-2-1-3(8)5(10)6(11)4(2)9;;/h1,11H;2*1H2. The lowest BCUT2D eigenvalue weighted by molar-refractivity contribution is 0.356. The average molecular weight is 202 g/mol. The lowest BCUT2D eigenvalue weighted by Gasteiger charge is -1.98. The van der Waals surface area contributed by atoms with Gasteiger partial charge in [-0.25, -0.2) is 8.78 Å². The van der Waals surface area contributed by atoms with Crippen LogP contribution in [0.25, 0.3) is 0 Å². The fourth-order valence-electron chi connectivity index (χ4n) is 0.561. The first-order valence-corrected chi connectivity index (χ1v) is 2.56. The van der Waals surface area contributed by atoms with Gasteiger partial charge in [-0.2, -0.15) is 8.78 Å². The maximum atomic E-state index is 12.1. The van der Waals surface area contributed by atoms with Crippen molar-refractivity contribution in [2.75, 3.05) is 0 Å². The van der Waals surface area contributed by atoms with E-state index in [1.54, 1.807) is 0 Å². The Balaban J connectivity index is 0. The summed E-state index contributed by atoms with van der Waals surface area (Å²) in [7, 11) is 0. The number of rotatable bonds is 0. The zero-order chi connectivity index (χ0) is 8.59. The molecule has 0 aliphatic carbocycles. The van der Waals surface area contributed by atoms with Crippen LogP contribution in [0.5, 0.6) is 5.75 Å². The molecule has 7 heteroatoms. The minimum atomic E-state index is -1.79. The number of benzene rings is 1. The van der Waals surface area contributed by atoms with Crippen molar-refractivity contribution in [2.45, 2.75) is 0 Å². The van der Waals surface area contributed by atoms with Gasteiger partial charge in [0, 0.05) is 6.07 Å². The Morgan fingerprint density at radius 2 is 1.15 bits per heavy atom. The number of phenolic OH excluding ortho intramolecular Hbond substituents is 1. The summed E-state index contributed by atoms with van der Waals surface area (Å²) < 4.78 is 48.4. The molecule has 5 N–H and O–H groups in total. The second kappa shape index (κ2) is 4.63. The minimum Gasteiger partial charge on any atom is -0.503 e. The minimum absolute atomic E-state index is 0. The molecule has 0 spiro atoms. The molecule has 1 rings (SSSR count). The highest BCUT2D eigenvalue weighted by Gasteiger charge is 2.17. The first-order valence-electron chi connectivity index (χ1n) is 2.56. The number of aromatic hydroxyl groups is 1. The Morgan fingerprint density at radius 1 is 0.846 bits per heavy atom. The van der Waals surface area contributed by atoms with Crippen LogP contribution in [0.15, 0.2) is 6.07 Å². The highest BCUT2D eigenvalue weighted by atomic mass is 19.2. The molecule has 0 radical (unpaired) electrons. The van der Waals surface area contributed by atoms with Crippen molar-refractivity contribution in [3.8, 4) is 5.75 Å². The van der Waals surface area contributed by atoms with Crippen molar-refractivity contribution in [1.82, 2.24) is 0 Å². The summed E-state index contributed by atoms with van der Waals surface area (Å²) in [4.78, 5) is 0. The Kier molecular flexibility index (Phi) is 5.06. The molecule has 1 aromatic rings. The Hall–Kier alpha value is -1.34. The maximum absolute atomic E-state index is 12.1. The molecular weight excluding hydrogens is 196 g/mol. The molecule has 0 saturated carbocycles. The van der Waals surface area contributed by atoms with Gasteiger partial charge in [0.05, 0.1) is 0 Å². The molecule has 0 heterocycles. The summed E-state index contributed by atoms with van der Waals surface area (Å²) in [6.45, 7) is 0. The van der Waals surface area contributed by atoms with Crippen LogP contribution in [-0.2, 0) is 0 Å². The van der Waals surface area contributed by atoms with Crippen LogP contribution < -0.4 is 0 Å². The van der Waals surface area contributed by atoms with Crippen LogP contribution in [0, 0.1) is 23.3 Å². The highest BCUT2D eigenvalue weighted by Crippen LogP contribution is 2.24. The second-order valence-corrected chi connectivity index (χ2v) is 1.82. The Labute approximate surface area is 69.8 Å². The van der Waals surface area contributed by atoms with Gasteiger partial charge < -0.3 is 16.1 Å². The summed E-state index contributed by atoms with van der Waals surface area (Å²) >= 11 is 0. The van der Waals surface area contributed by atoms with Gasteiger partial charge in [0.25, 0.3) is 0 Å². The van der Waals surface area contributed by atoms with Gasteiger partial charge in [-0.3, -0.25) is 0 Å². The molecule has 0 bridgehead atoms. The lowest BCUT2D eigenvalue weighted by Crippen LogP contribution is -1.92. The van der Waals surface area contributed by atoms with Crippen molar-refractivity contribution in [2.24, 2.45) is 0 Å². The molecule has 3 nitrogen and oxygen atoms in total. The van der Waals surface area contributed by atoms with Crippen LogP contribution in [0.4, 0.5) is 17.6 Å². The second-order valence-electron chi connectivity index (χ2n) is 1.82. The quantitative estimate of drug-likeness (QED) is 0.476. The summed E-state index contributed by atoms with van der Waals surface area (Å²) in [5.74, 6) is -8.46. The topological polar surface area (TPSA) is 83.2 Å². The van der Waals surface area contributed by atoms with Gasteiger partial charge in [-0.05, 0) is 0 Å². The van der Waals surface area contributed by atoms with E-state index in [0.717, 1.165) is 0 Å². The number of hydrogen-bond acceptors (Lipinski definition) is 1. The summed E-state index contributed by atoms with van der Waals surface area (Å²) in [5.41, 5.74) is 0. The van der Waals surface area contributed by atoms with Crippen molar-refractivity contribution in [3.63, 3.8) is 0 Å². The largest absolute Gasteiger partial charge is 0.503 e. The molecule has 0 unspecified atom stereocenters. The van der Waals surface area contributed by atoms with E-state index in [2.05, 4.69) is 0 Å². The molecule has 13 heavy (non-hydrogen) atoms. The highest BCUT2D eigenvalue weighted by molar-refractivity contribution is 5.26. The molecule has 0 aliphatic heterocycles. The summed E-state index contributed by atoms with van der Waals surface area (Å²) in [5, 5.41) is 8.34. The van der Waals surface area contributed by atoms with Crippen LogP contribution >= 0.6 is 0 Å². The normalized spacial score (nSPS) is 8.62. The van der Waals surface area contributed by atoms with Crippen molar-refractivity contribution in [1.29, 1.82) is 0 Å². The fourth-order valence-corrected chi connectivity index (χ4v) is 0.561. The molecule has 0 saturated heterocycles. The molecule has 0 amide bonds. The monoisotopic (exact) mass is 202 g/mol. The summed E-state index contributed by atoms with van der Waals surface area (Å²) in [6, 6.07) is 0.0182. The molecule has 0 fully saturated rings. The van der Waals surface area contributed by atoms with E-state index in [1.165, 1.54) is 0 Å². The van der Waals surface area contributed by atoms with Gasteiger partial charge in [0.15, 0.2) is 17.4 Å². The maximum Gasteiger partial charge on any atom is 0.203 e.